The topological polar surface area (TPSA) is 88.0 Å². The predicted molar refractivity (Wildman–Crippen MR) is 81.9 cm³/mol. The number of carboxylic acids is 1. The fourth-order valence-corrected chi connectivity index (χ4v) is 2.90. The van der Waals surface area contributed by atoms with Crippen LogP contribution in [0.25, 0.3) is 0 Å². The predicted octanol–water partition coefficient (Wildman–Crippen LogP) is 2.68. The van der Waals surface area contributed by atoms with E-state index in [2.05, 4.69) is 20.5 Å². The Balaban J connectivity index is 2.32. The minimum absolute atomic E-state index is 0.220. The van der Waals surface area contributed by atoms with Crippen molar-refractivity contribution < 1.29 is 9.90 Å². The molecule has 0 aliphatic carbocycles. The van der Waals surface area contributed by atoms with Gasteiger partial charge >= 0.3 is 5.97 Å². The molecule has 0 amide bonds. The van der Waals surface area contributed by atoms with Crippen molar-refractivity contribution in [3.63, 3.8) is 0 Å². The Morgan fingerprint density at radius 3 is 2.62 bits per heavy atom. The Kier molecular flexibility index (Phi) is 4.85. The molecule has 2 aromatic heterocycles. The second kappa shape index (κ2) is 6.62. The number of aromatic nitrogens is 3. The van der Waals surface area contributed by atoms with Crippen LogP contribution in [0.5, 0.6) is 0 Å². The average molecular weight is 306 g/mol. The fourth-order valence-electron chi connectivity index (χ4n) is 2.17. The standard InChI is InChI=1S/C14H18N4O2S/c1-4-9-10(5-2)17-18-13(12(9)14(19)20)16-7-11-15-6-8(3)21-11/h6H,4-5,7H2,1-3H3,(H,16,18)(H,19,20). The van der Waals surface area contributed by atoms with Crippen molar-refractivity contribution in [3.8, 4) is 0 Å². The molecule has 21 heavy (non-hydrogen) atoms. The highest BCUT2D eigenvalue weighted by Gasteiger charge is 2.20. The van der Waals surface area contributed by atoms with Crippen LogP contribution in [0.3, 0.4) is 0 Å². The summed E-state index contributed by atoms with van der Waals surface area (Å²) in [6, 6.07) is 0. The van der Waals surface area contributed by atoms with Gasteiger partial charge in [-0.3, -0.25) is 0 Å². The van der Waals surface area contributed by atoms with E-state index < -0.39 is 5.97 Å². The van der Waals surface area contributed by atoms with E-state index in [1.54, 1.807) is 17.5 Å². The fraction of sp³-hybridized carbons (Fsp3) is 0.429. The zero-order valence-corrected chi connectivity index (χ0v) is 13.1. The molecular formula is C14H18N4O2S. The molecule has 0 aliphatic heterocycles. The van der Waals surface area contributed by atoms with E-state index in [-0.39, 0.29) is 5.56 Å². The molecule has 0 saturated carbocycles. The highest BCUT2D eigenvalue weighted by Crippen LogP contribution is 2.22. The Hall–Kier alpha value is -2.02. The first-order valence-electron chi connectivity index (χ1n) is 6.83. The third kappa shape index (κ3) is 3.36. The molecule has 0 fully saturated rings. The number of nitrogens with zero attached hydrogens (tertiary/aromatic N) is 3. The first-order valence-corrected chi connectivity index (χ1v) is 7.65. The number of aryl methyl sites for hydroxylation is 2. The van der Waals surface area contributed by atoms with Crippen LogP contribution >= 0.6 is 11.3 Å². The van der Waals surface area contributed by atoms with E-state index in [0.717, 1.165) is 21.1 Å². The van der Waals surface area contributed by atoms with Crippen molar-refractivity contribution >= 4 is 23.1 Å². The highest BCUT2D eigenvalue weighted by atomic mass is 32.1. The van der Waals surface area contributed by atoms with E-state index in [9.17, 15) is 9.90 Å². The number of hydrogen-bond donors (Lipinski definition) is 2. The third-order valence-electron chi connectivity index (χ3n) is 3.14. The number of hydrogen-bond acceptors (Lipinski definition) is 6. The van der Waals surface area contributed by atoms with Gasteiger partial charge in [-0.15, -0.1) is 16.4 Å². The molecular weight excluding hydrogens is 288 g/mol. The van der Waals surface area contributed by atoms with Crippen LogP contribution in [0.15, 0.2) is 6.20 Å². The lowest BCUT2D eigenvalue weighted by Gasteiger charge is -2.13. The van der Waals surface area contributed by atoms with Gasteiger partial charge in [-0.1, -0.05) is 13.8 Å². The van der Waals surface area contributed by atoms with Gasteiger partial charge in [-0.25, -0.2) is 9.78 Å². The highest BCUT2D eigenvalue weighted by molar-refractivity contribution is 7.11. The molecule has 2 heterocycles. The second-order valence-corrected chi connectivity index (χ2v) is 5.90. The van der Waals surface area contributed by atoms with E-state index in [1.807, 2.05) is 20.8 Å². The Labute approximate surface area is 127 Å². The number of thiazole rings is 1. The lowest BCUT2D eigenvalue weighted by atomic mass is 10.0. The molecule has 6 nitrogen and oxygen atoms in total. The van der Waals surface area contributed by atoms with Gasteiger partial charge in [-0.05, 0) is 25.3 Å². The van der Waals surface area contributed by atoms with Crippen LogP contribution in [-0.2, 0) is 19.4 Å². The second-order valence-electron chi connectivity index (χ2n) is 4.58. The average Bonchev–Trinajstić information content (AvgIpc) is 2.89. The first kappa shape index (κ1) is 15.4. The number of carboxylic acid groups (broad SMARTS) is 1. The third-order valence-corrected chi connectivity index (χ3v) is 4.05. The van der Waals surface area contributed by atoms with Crippen molar-refractivity contribution in [2.45, 2.75) is 40.2 Å². The van der Waals surface area contributed by atoms with Crippen molar-refractivity contribution in [3.05, 3.63) is 32.9 Å². The maximum Gasteiger partial charge on any atom is 0.339 e. The summed E-state index contributed by atoms with van der Waals surface area (Å²) < 4.78 is 0. The van der Waals surface area contributed by atoms with Crippen LogP contribution in [0.2, 0.25) is 0 Å². The summed E-state index contributed by atoms with van der Waals surface area (Å²) >= 11 is 1.57. The summed E-state index contributed by atoms with van der Waals surface area (Å²) in [6.45, 7) is 6.30. The van der Waals surface area contributed by atoms with Crippen molar-refractivity contribution in [1.29, 1.82) is 0 Å². The molecule has 0 aromatic carbocycles. The smallest absolute Gasteiger partial charge is 0.339 e. The lowest BCUT2D eigenvalue weighted by Crippen LogP contribution is -2.15. The normalized spacial score (nSPS) is 10.6. The minimum atomic E-state index is -0.978. The van der Waals surface area contributed by atoms with Gasteiger partial charge in [0, 0.05) is 11.1 Å². The number of rotatable bonds is 6. The van der Waals surface area contributed by atoms with Crippen LogP contribution in [0, 0.1) is 6.92 Å². The molecule has 0 radical (unpaired) electrons. The van der Waals surface area contributed by atoms with E-state index in [1.165, 1.54) is 0 Å². The first-order chi connectivity index (χ1) is 10.1. The van der Waals surface area contributed by atoms with Crippen molar-refractivity contribution in [2.24, 2.45) is 0 Å². The van der Waals surface area contributed by atoms with Crippen molar-refractivity contribution in [2.75, 3.05) is 5.32 Å². The summed E-state index contributed by atoms with van der Waals surface area (Å²) in [5.74, 6) is -0.668. The van der Waals surface area contributed by atoms with E-state index in [0.29, 0.717) is 25.2 Å². The lowest BCUT2D eigenvalue weighted by molar-refractivity contribution is 0.0696. The Morgan fingerprint density at radius 1 is 1.33 bits per heavy atom. The zero-order valence-electron chi connectivity index (χ0n) is 12.3. The summed E-state index contributed by atoms with van der Waals surface area (Å²) in [6.07, 6.45) is 3.08. The van der Waals surface area contributed by atoms with Crippen LogP contribution in [0.1, 0.15) is 45.3 Å². The van der Waals surface area contributed by atoms with Gasteiger partial charge < -0.3 is 10.4 Å². The molecule has 0 aliphatic rings. The summed E-state index contributed by atoms with van der Waals surface area (Å²) in [7, 11) is 0. The summed E-state index contributed by atoms with van der Waals surface area (Å²) in [5, 5.41) is 21.6. The minimum Gasteiger partial charge on any atom is -0.478 e. The number of carbonyl (C=O) groups is 1. The van der Waals surface area contributed by atoms with Crippen LogP contribution in [0.4, 0.5) is 5.82 Å². The maximum absolute atomic E-state index is 11.6. The largest absolute Gasteiger partial charge is 0.478 e. The van der Waals surface area contributed by atoms with Crippen LogP contribution in [-0.4, -0.2) is 26.3 Å². The van der Waals surface area contributed by atoms with Gasteiger partial charge in [0.05, 0.1) is 12.2 Å². The number of aromatic carboxylic acids is 1. The van der Waals surface area contributed by atoms with Gasteiger partial charge in [0.15, 0.2) is 5.82 Å². The van der Waals surface area contributed by atoms with E-state index in [4.69, 9.17) is 0 Å². The monoisotopic (exact) mass is 306 g/mol. The molecule has 0 bridgehead atoms. The van der Waals surface area contributed by atoms with Gasteiger partial charge in [-0.2, -0.15) is 5.10 Å². The molecule has 0 atom stereocenters. The molecule has 2 aromatic rings. The van der Waals surface area contributed by atoms with Gasteiger partial charge in [0.2, 0.25) is 0 Å². The SMILES string of the molecule is CCc1nnc(NCc2ncc(C)s2)c(C(=O)O)c1CC. The summed E-state index contributed by atoms with van der Waals surface area (Å²) in [4.78, 5) is 16.9. The number of anilines is 1. The van der Waals surface area contributed by atoms with Gasteiger partial charge in [0.25, 0.3) is 0 Å². The van der Waals surface area contributed by atoms with Crippen LogP contribution < -0.4 is 5.32 Å². The Bertz CT molecular complexity index is 654. The van der Waals surface area contributed by atoms with Crippen molar-refractivity contribution in [1.82, 2.24) is 15.2 Å². The quantitative estimate of drug-likeness (QED) is 0.853. The molecule has 112 valence electrons. The Morgan fingerprint density at radius 2 is 2.10 bits per heavy atom. The molecule has 7 heteroatoms. The summed E-state index contributed by atoms with van der Waals surface area (Å²) in [5.41, 5.74) is 1.71. The molecule has 0 saturated heterocycles. The number of nitrogens with one attached hydrogen (secondary N) is 1. The molecule has 0 unspecified atom stereocenters. The maximum atomic E-state index is 11.6. The molecule has 2 rings (SSSR count). The zero-order chi connectivity index (χ0) is 15.4. The molecule has 0 spiro atoms. The van der Waals surface area contributed by atoms with Gasteiger partial charge in [0.1, 0.15) is 10.6 Å². The van der Waals surface area contributed by atoms with E-state index >= 15 is 0 Å². The molecule has 2 N–H and O–H groups in total.